The molecule has 2 aromatic heterocycles. The highest BCUT2D eigenvalue weighted by Gasteiger charge is 2.46. The maximum atomic E-state index is 13.7. The van der Waals surface area contributed by atoms with Crippen LogP contribution in [-0.4, -0.2) is 65.4 Å². The highest BCUT2D eigenvalue weighted by atomic mass is 19.4. The van der Waals surface area contributed by atoms with E-state index in [0.717, 1.165) is 6.07 Å². The standard InChI is InChI=1S/C20H22F3N5O3/c1-13-12-31-8-7-27(13)17-9-18(30)28-16(20(21,22)23)4-6-26(19(28)25-17)11-15(29)14-3-2-5-24-10-14/h2-3,5,9-10,13,16H,4,6-8,11-12H2,1H3/t13-,16-/m1/s1. The predicted molar refractivity (Wildman–Crippen MR) is 107 cm³/mol. The van der Waals surface area contributed by atoms with Crippen LogP contribution in [0.1, 0.15) is 29.7 Å². The van der Waals surface area contributed by atoms with Crippen molar-refractivity contribution in [3.8, 4) is 0 Å². The number of pyridine rings is 1. The van der Waals surface area contributed by atoms with E-state index in [9.17, 15) is 22.8 Å². The van der Waals surface area contributed by atoms with Crippen LogP contribution in [0.25, 0.3) is 0 Å². The average molecular weight is 437 g/mol. The van der Waals surface area contributed by atoms with Gasteiger partial charge in [0.15, 0.2) is 5.78 Å². The Hall–Kier alpha value is -2.95. The van der Waals surface area contributed by atoms with E-state index >= 15 is 0 Å². The van der Waals surface area contributed by atoms with Gasteiger partial charge in [-0.1, -0.05) is 0 Å². The molecule has 4 rings (SSSR count). The largest absolute Gasteiger partial charge is 0.409 e. The molecule has 2 aromatic rings. The molecule has 2 aliphatic rings. The minimum atomic E-state index is -4.60. The van der Waals surface area contributed by atoms with Crippen molar-refractivity contribution < 1.29 is 22.7 Å². The van der Waals surface area contributed by atoms with Gasteiger partial charge in [-0.25, -0.2) is 0 Å². The number of nitrogens with zero attached hydrogens (tertiary/aromatic N) is 5. The van der Waals surface area contributed by atoms with Crippen LogP contribution < -0.4 is 15.4 Å². The summed E-state index contributed by atoms with van der Waals surface area (Å²) in [5.74, 6) is -0.176. The Morgan fingerprint density at radius 3 is 2.81 bits per heavy atom. The van der Waals surface area contributed by atoms with E-state index in [1.54, 1.807) is 12.1 Å². The lowest BCUT2D eigenvalue weighted by Gasteiger charge is -2.38. The van der Waals surface area contributed by atoms with Crippen LogP contribution in [0.3, 0.4) is 0 Å². The van der Waals surface area contributed by atoms with Gasteiger partial charge < -0.3 is 14.5 Å². The number of hydrogen-bond donors (Lipinski definition) is 0. The highest BCUT2D eigenvalue weighted by molar-refractivity contribution is 5.98. The quantitative estimate of drug-likeness (QED) is 0.678. The number of ether oxygens (including phenoxy) is 1. The van der Waals surface area contributed by atoms with E-state index in [-0.39, 0.29) is 43.1 Å². The van der Waals surface area contributed by atoms with Crippen LogP contribution in [0, 0.1) is 0 Å². The summed E-state index contributed by atoms with van der Waals surface area (Å²) in [6.07, 6.45) is -2.02. The Kier molecular flexibility index (Phi) is 5.69. The van der Waals surface area contributed by atoms with Crippen molar-refractivity contribution >= 4 is 17.5 Å². The number of aromatic nitrogens is 3. The van der Waals surface area contributed by atoms with Gasteiger partial charge in [-0.2, -0.15) is 18.2 Å². The second kappa shape index (κ2) is 8.29. The van der Waals surface area contributed by atoms with E-state index < -0.39 is 17.8 Å². The Bertz CT molecular complexity index is 1010. The van der Waals surface area contributed by atoms with Crippen LogP contribution in [-0.2, 0) is 4.74 Å². The Balaban J connectivity index is 1.74. The molecule has 8 nitrogen and oxygen atoms in total. The van der Waals surface area contributed by atoms with Gasteiger partial charge in [0.05, 0.1) is 25.8 Å². The molecule has 0 radical (unpaired) electrons. The van der Waals surface area contributed by atoms with Gasteiger partial charge in [-0.15, -0.1) is 0 Å². The van der Waals surface area contributed by atoms with Crippen LogP contribution in [0.15, 0.2) is 35.4 Å². The summed E-state index contributed by atoms with van der Waals surface area (Å²) < 4.78 is 47.1. The first-order valence-electron chi connectivity index (χ1n) is 9.98. The number of carbonyl (C=O) groups excluding carboxylic acids is 1. The lowest BCUT2D eigenvalue weighted by atomic mass is 10.1. The summed E-state index contributed by atoms with van der Waals surface area (Å²) in [5, 5.41) is 0. The fourth-order valence-corrected chi connectivity index (χ4v) is 3.96. The van der Waals surface area contributed by atoms with E-state index in [0.29, 0.717) is 29.9 Å². The minimum Gasteiger partial charge on any atom is -0.377 e. The summed E-state index contributed by atoms with van der Waals surface area (Å²) >= 11 is 0. The predicted octanol–water partition coefficient (Wildman–Crippen LogP) is 2.06. The Labute approximate surface area is 176 Å². The highest BCUT2D eigenvalue weighted by Crippen LogP contribution is 2.38. The molecule has 4 heterocycles. The molecular formula is C20H22F3N5O3. The zero-order chi connectivity index (χ0) is 22.2. The molecule has 0 aliphatic carbocycles. The van der Waals surface area contributed by atoms with Crippen molar-refractivity contribution in [2.75, 3.05) is 42.6 Å². The van der Waals surface area contributed by atoms with Gasteiger partial charge >= 0.3 is 6.18 Å². The summed E-state index contributed by atoms with van der Waals surface area (Å²) in [6, 6.07) is 2.26. The second-order valence-corrected chi connectivity index (χ2v) is 7.67. The fourth-order valence-electron chi connectivity index (χ4n) is 3.96. The maximum Gasteiger partial charge on any atom is 0.409 e. The van der Waals surface area contributed by atoms with Crippen LogP contribution in [0.2, 0.25) is 0 Å². The van der Waals surface area contributed by atoms with Crippen molar-refractivity contribution in [3.63, 3.8) is 0 Å². The summed E-state index contributed by atoms with van der Waals surface area (Å²) in [7, 11) is 0. The van der Waals surface area contributed by atoms with Gasteiger partial charge in [0.1, 0.15) is 11.9 Å². The summed E-state index contributed by atoms with van der Waals surface area (Å²) in [5.41, 5.74) is -0.452. The SMILES string of the molecule is C[C@@H]1COCCN1c1cc(=O)n2c(n1)N(CC(=O)c1cccnc1)CC[C@@H]2C(F)(F)F. The van der Waals surface area contributed by atoms with Gasteiger partial charge in [-0.05, 0) is 25.5 Å². The first-order chi connectivity index (χ1) is 14.8. The lowest BCUT2D eigenvalue weighted by Crippen LogP contribution is -2.49. The number of anilines is 2. The molecule has 0 aromatic carbocycles. The van der Waals surface area contributed by atoms with Crippen LogP contribution in [0.5, 0.6) is 0 Å². The smallest absolute Gasteiger partial charge is 0.377 e. The van der Waals surface area contributed by atoms with Gasteiger partial charge in [0, 0.05) is 37.1 Å². The number of morpholine rings is 1. The number of ketones is 1. The maximum absolute atomic E-state index is 13.7. The first kappa shape index (κ1) is 21.3. The van der Waals surface area contributed by atoms with Crippen molar-refractivity contribution in [2.24, 2.45) is 0 Å². The number of carbonyl (C=O) groups is 1. The molecule has 0 saturated carbocycles. The second-order valence-electron chi connectivity index (χ2n) is 7.67. The molecule has 2 aliphatic heterocycles. The van der Waals surface area contributed by atoms with E-state index in [4.69, 9.17) is 4.74 Å². The monoisotopic (exact) mass is 437 g/mol. The molecule has 0 bridgehead atoms. The molecule has 11 heteroatoms. The third-order valence-electron chi connectivity index (χ3n) is 5.54. The first-order valence-corrected chi connectivity index (χ1v) is 9.98. The van der Waals surface area contributed by atoms with Gasteiger partial charge in [-0.3, -0.25) is 19.1 Å². The van der Waals surface area contributed by atoms with Crippen LogP contribution >= 0.6 is 0 Å². The number of halogens is 3. The Morgan fingerprint density at radius 2 is 2.13 bits per heavy atom. The molecule has 1 saturated heterocycles. The topological polar surface area (TPSA) is 80.6 Å². The molecule has 0 N–H and O–H groups in total. The molecule has 166 valence electrons. The normalized spacial score (nSPS) is 21.7. The number of hydrogen-bond acceptors (Lipinski definition) is 7. The molecule has 31 heavy (non-hydrogen) atoms. The van der Waals surface area contributed by atoms with Crippen LogP contribution in [0.4, 0.5) is 24.9 Å². The van der Waals surface area contributed by atoms with Gasteiger partial charge in [0.25, 0.3) is 5.56 Å². The number of rotatable bonds is 4. The fraction of sp³-hybridized carbons (Fsp3) is 0.500. The lowest BCUT2D eigenvalue weighted by molar-refractivity contribution is -0.170. The molecule has 0 unspecified atom stereocenters. The summed E-state index contributed by atoms with van der Waals surface area (Å²) in [6.45, 7) is 2.96. The molecule has 0 spiro atoms. The van der Waals surface area contributed by atoms with Gasteiger partial charge in [0.2, 0.25) is 5.95 Å². The zero-order valence-electron chi connectivity index (χ0n) is 16.9. The van der Waals surface area contributed by atoms with Crippen molar-refractivity contribution in [2.45, 2.75) is 31.6 Å². The molecular weight excluding hydrogens is 415 g/mol. The van der Waals surface area contributed by atoms with E-state index in [1.165, 1.54) is 17.3 Å². The number of fused-ring (bicyclic) bond motifs is 1. The molecule has 0 amide bonds. The average Bonchev–Trinajstić information content (AvgIpc) is 2.74. The summed E-state index contributed by atoms with van der Waals surface area (Å²) in [4.78, 5) is 37.1. The Morgan fingerprint density at radius 1 is 1.32 bits per heavy atom. The number of Topliss-reactive ketones (excluding diaryl/α,β-unsaturated/α-hetero) is 1. The third-order valence-corrected chi connectivity index (χ3v) is 5.54. The molecule has 2 atom stereocenters. The third kappa shape index (κ3) is 4.27. The van der Waals surface area contributed by atoms with Crippen molar-refractivity contribution in [1.29, 1.82) is 0 Å². The van der Waals surface area contributed by atoms with E-state index in [1.807, 2.05) is 11.8 Å². The van der Waals surface area contributed by atoms with E-state index in [2.05, 4.69) is 9.97 Å². The molecule has 1 fully saturated rings. The van der Waals surface area contributed by atoms with Crippen molar-refractivity contribution in [3.05, 3.63) is 46.5 Å². The van der Waals surface area contributed by atoms with Crippen molar-refractivity contribution in [1.82, 2.24) is 14.5 Å². The minimum absolute atomic E-state index is 0.0509. The number of alkyl halides is 3. The zero-order valence-corrected chi connectivity index (χ0v) is 16.9.